The second-order valence-electron chi connectivity index (χ2n) is 14.5. The molecule has 5 nitrogen and oxygen atoms in total. The second-order valence-corrected chi connectivity index (χ2v) is 15.6. The summed E-state index contributed by atoms with van der Waals surface area (Å²) >= 11 is 1.79. The predicted molar refractivity (Wildman–Crippen MR) is 203 cm³/mol. The summed E-state index contributed by atoms with van der Waals surface area (Å²) in [5, 5.41) is 2.34. The summed E-state index contributed by atoms with van der Waals surface area (Å²) in [5.41, 5.74) is 11.0. The molecule has 0 saturated carbocycles. The molecule has 0 unspecified atom stereocenters. The van der Waals surface area contributed by atoms with Gasteiger partial charge in [0, 0.05) is 23.0 Å². The molecule has 4 heterocycles. The van der Waals surface area contributed by atoms with Gasteiger partial charge in [-0.2, -0.15) is 11.8 Å². The van der Waals surface area contributed by atoms with E-state index in [0.717, 1.165) is 61.7 Å². The number of pyridine rings is 1. The molecule has 7 heteroatoms. The fourth-order valence-electron chi connectivity index (χ4n) is 7.77. The zero-order valence-corrected chi connectivity index (χ0v) is 31.8. The van der Waals surface area contributed by atoms with Crippen molar-refractivity contribution in [1.82, 2.24) is 9.55 Å². The maximum Gasteiger partial charge on any atom is 2.00 e. The molecule has 0 spiro atoms. The minimum Gasteiger partial charge on any atom is -0.514 e. The van der Waals surface area contributed by atoms with Gasteiger partial charge < -0.3 is 14.2 Å². The number of hydrogen-bond donors (Lipinski definition) is 0. The van der Waals surface area contributed by atoms with Crippen molar-refractivity contribution >= 4 is 56.5 Å². The Bertz CT molecular complexity index is 2570. The minimum absolute atomic E-state index is 0. The van der Waals surface area contributed by atoms with Crippen molar-refractivity contribution in [1.29, 1.82) is 0 Å². The van der Waals surface area contributed by atoms with Gasteiger partial charge in [0.1, 0.15) is 23.9 Å². The molecule has 2 aliphatic heterocycles. The Balaban J connectivity index is 0.00000348. The number of aliphatic imine (C=N–C) groups is 1. The number of hydrogen-bond acceptors (Lipinski definition) is 5. The Morgan fingerprint density at radius 3 is 2.53 bits per heavy atom. The summed E-state index contributed by atoms with van der Waals surface area (Å²) in [6, 6.07) is 44.5. The van der Waals surface area contributed by atoms with Crippen molar-refractivity contribution in [2.75, 3.05) is 4.90 Å². The molecule has 3 aliphatic rings. The van der Waals surface area contributed by atoms with Crippen LogP contribution in [-0.4, -0.2) is 21.6 Å². The third kappa shape index (κ3) is 5.18. The van der Waals surface area contributed by atoms with Crippen molar-refractivity contribution in [3.63, 3.8) is 0 Å². The molecule has 5 aromatic carbocycles. The Labute approximate surface area is 316 Å². The Kier molecular flexibility index (Phi) is 7.57. The first-order valence-electron chi connectivity index (χ1n) is 17.2. The molecular formula is C44H34N4OPtS. The molecule has 252 valence electrons. The number of anilines is 3. The Hall–Kier alpha value is -4.64. The number of rotatable bonds is 3. The van der Waals surface area contributed by atoms with Crippen LogP contribution in [0.1, 0.15) is 54.6 Å². The van der Waals surface area contributed by atoms with Crippen molar-refractivity contribution in [3.8, 4) is 5.82 Å². The molecule has 2 atom stereocenters. The molecular weight excluding hydrogens is 828 g/mol. The van der Waals surface area contributed by atoms with Gasteiger partial charge in [-0.3, -0.25) is 4.99 Å². The summed E-state index contributed by atoms with van der Waals surface area (Å²) in [5.74, 6) is 1.56. The van der Waals surface area contributed by atoms with E-state index in [1.807, 2.05) is 6.20 Å². The number of aromatic nitrogens is 2. The first kappa shape index (κ1) is 32.3. The van der Waals surface area contributed by atoms with Gasteiger partial charge in [-0.05, 0) is 63.5 Å². The largest absolute Gasteiger partial charge is 2.00 e. The van der Waals surface area contributed by atoms with E-state index in [9.17, 15) is 0 Å². The number of benzene rings is 5. The van der Waals surface area contributed by atoms with Crippen molar-refractivity contribution in [2.45, 2.75) is 61.5 Å². The van der Waals surface area contributed by atoms with E-state index in [4.69, 9.17) is 14.7 Å². The first-order chi connectivity index (χ1) is 24.3. The fourth-order valence-corrected chi connectivity index (χ4v) is 8.84. The third-order valence-electron chi connectivity index (χ3n) is 10.2. The van der Waals surface area contributed by atoms with Crippen LogP contribution in [0.4, 0.5) is 17.1 Å². The standard InChI is InChI=1S/C44H34N4OS.Pt/c1-26-19-28(43-46-42-31-12-6-5-11-27(31)22-38(42)49-43)21-30(20-26)47-35-15-9-10-16-39(35)50-40-24-33-32-13-7-8-14-34(32)48(36(33)25-37(40)47)41-23-29(17-18-45-41)44(2,3)4;/h5-20,23-24,38,42H,22H2,1-4H3;/q-2;+2/t38-,42+;/m0./s1. The second kappa shape index (κ2) is 12.0. The van der Waals surface area contributed by atoms with Crippen molar-refractivity contribution in [3.05, 3.63) is 149 Å². The SMILES string of the molecule is Cc1cc(C2=N[C@@H]3c4ccccc4C[C@@H]3O2)[c-]c(N2c3[c-]c4c(cc3Sc3ccccc32)c2ccccc2n4-c2cc(C(C)(C)C)ccn2)c1.[Pt+2]. The van der Waals surface area contributed by atoms with Crippen molar-refractivity contribution in [2.24, 2.45) is 4.99 Å². The van der Waals surface area contributed by atoms with E-state index >= 15 is 0 Å². The van der Waals surface area contributed by atoms with E-state index in [0.29, 0.717) is 5.90 Å². The maximum atomic E-state index is 6.56. The van der Waals surface area contributed by atoms with Crippen LogP contribution in [0.3, 0.4) is 0 Å². The normalized spacial score (nSPS) is 17.3. The van der Waals surface area contributed by atoms with Crippen LogP contribution >= 0.6 is 11.8 Å². The van der Waals surface area contributed by atoms with E-state index < -0.39 is 0 Å². The molecule has 0 bridgehead atoms. The summed E-state index contributed by atoms with van der Waals surface area (Å²) in [7, 11) is 0. The molecule has 0 radical (unpaired) electrons. The number of ether oxygens (including phenoxy) is 1. The summed E-state index contributed by atoms with van der Waals surface area (Å²) < 4.78 is 8.83. The van der Waals surface area contributed by atoms with Gasteiger partial charge in [-0.1, -0.05) is 104 Å². The number of nitrogens with zero attached hydrogens (tertiary/aromatic N) is 4. The number of fused-ring (bicyclic) bond motifs is 8. The van der Waals surface area contributed by atoms with Crippen LogP contribution in [0.25, 0.3) is 27.6 Å². The van der Waals surface area contributed by atoms with Gasteiger partial charge in [0.05, 0.1) is 5.69 Å². The summed E-state index contributed by atoms with van der Waals surface area (Å²) in [6.45, 7) is 8.86. The smallest absolute Gasteiger partial charge is 0.514 e. The van der Waals surface area contributed by atoms with Gasteiger partial charge in [0.15, 0.2) is 0 Å². The van der Waals surface area contributed by atoms with E-state index in [-0.39, 0.29) is 38.6 Å². The number of aryl methyl sites for hydroxylation is 1. The Morgan fingerprint density at radius 2 is 1.65 bits per heavy atom. The third-order valence-corrected chi connectivity index (χ3v) is 11.3. The molecule has 1 aliphatic carbocycles. The Morgan fingerprint density at radius 1 is 0.843 bits per heavy atom. The molecule has 7 aromatic rings. The molecule has 0 N–H and O–H groups in total. The molecule has 0 amide bonds. The van der Waals surface area contributed by atoms with E-state index in [2.05, 4.69) is 152 Å². The quantitative estimate of drug-likeness (QED) is 0.166. The molecule has 2 aromatic heterocycles. The zero-order chi connectivity index (χ0) is 33.7. The van der Waals surface area contributed by atoms with Crippen LogP contribution < -0.4 is 4.90 Å². The summed E-state index contributed by atoms with van der Waals surface area (Å²) in [4.78, 5) is 14.7. The monoisotopic (exact) mass is 861 g/mol. The number of para-hydroxylation sites is 2. The van der Waals surface area contributed by atoms with Gasteiger partial charge in [0.25, 0.3) is 0 Å². The van der Waals surface area contributed by atoms with Crippen LogP contribution in [0.15, 0.2) is 124 Å². The van der Waals surface area contributed by atoms with Crippen LogP contribution in [0, 0.1) is 19.1 Å². The van der Waals surface area contributed by atoms with Crippen LogP contribution in [-0.2, 0) is 37.6 Å². The minimum atomic E-state index is -0.00937. The van der Waals surface area contributed by atoms with Gasteiger partial charge in [-0.15, -0.1) is 41.3 Å². The molecule has 0 saturated heterocycles. The topological polar surface area (TPSA) is 42.6 Å². The predicted octanol–water partition coefficient (Wildman–Crippen LogP) is 10.8. The van der Waals surface area contributed by atoms with Crippen LogP contribution in [0.2, 0.25) is 0 Å². The van der Waals surface area contributed by atoms with E-state index in [1.165, 1.54) is 27.0 Å². The molecule has 10 rings (SSSR count). The van der Waals surface area contributed by atoms with Crippen LogP contribution in [0.5, 0.6) is 0 Å². The van der Waals surface area contributed by atoms with E-state index in [1.54, 1.807) is 11.8 Å². The van der Waals surface area contributed by atoms with Gasteiger partial charge >= 0.3 is 21.1 Å². The average molecular weight is 862 g/mol. The van der Waals surface area contributed by atoms with Gasteiger partial charge in [-0.25, -0.2) is 4.98 Å². The maximum absolute atomic E-state index is 6.56. The van der Waals surface area contributed by atoms with Gasteiger partial charge in [0.2, 0.25) is 0 Å². The summed E-state index contributed by atoms with van der Waals surface area (Å²) in [6.07, 6.45) is 2.83. The molecule has 0 fully saturated rings. The molecule has 51 heavy (non-hydrogen) atoms. The fraction of sp³-hybridized carbons (Fsp3) is 0.182. The average Bonchev–Trinajstić information content (AvgIpc) is 3.78. The zero-order valence-electron chi connectivity index (χ0n) is 28.7. The first-order valence-corrected chi connectivity index (χ1v) is 18.0. The van der Waals surface area contributed by atoms with Crippen molar-refractivity contribution < 1.29 is 25.8 Å².